The van der Waals surface area contributed by atoms with Gasteiger partial charge in [-0.2, -0.15) is 0 Å². The van der Waals surface area contributed by atoms with Crippen LogP contribution in [0.5, 0.6) is 0 Å². The van der Waals surface area contributed by atoms with Crippen molar-refractivity contribution in [1.29, 1.82) is 0 Å². The molecule has 0 aliphatic heterocycles. The van der Waals surface area contributed by atoms with E-state index in [1.807, 2.05) is 20.8 Å². The number of carboxylic acid groups (broad SMARTS) is 1. The highest BCUT2D eigenvalue weighted by Crippen LogP contribution is 2.67. The molecular weight excluding hydrogens is 383 g/mol. The molecular formula is C22H26ClFO4. The maximum Gasteiger partial charge on any atom is 0.372 e. The summed E-state index contributed by atoms with van der Waals surface area (Å²) in [7, 11) is 0. The summed E-state index contributed by atoms with van der Waals surface area (Å²) in [5, 5.41) is 9.46. The Kier molecular flexibility index (Phi) is 4.42. The molecule has 0 aromatic rings. The van der Waals surface area contributed by atoms with Gasteiger partial charge in [-0.25, -0.2) is 9.18 Å². The fraction of sp³-hybridized carbons (Fsp3) is 0.682. The number of hydrogen-bond donors (Lipinski definition) is 1. The highest BCUT2D eigenvalue weighted by molar-refractivity contribution is 6.44. The lowest BCUT2D eigenvalue weighted by Gasteiger charge is -2.57. The number of carbonyl (C=O) groups is 3. The number of carbonyl (C=O) groups excluding carboxylic acids is 2. The Morgan fingerprint density at radius 3 is 2.57 bits per heavy atom. The van der Waals surface area contributed by atoms with Gasteiger partial charge in [0, 0.05) is 11.3 Å². The van der Waals surface area contributed by atoms with E-state index in [2.05, 4.69) is 0 Å². The summed E-state index contributed by atoms with van der Waals surface area (Å²) in [6.07, 6.45) is 4.45. The van der Waals surface area contributed by atoms with Gasteiger partial charge in [0.05, 0.1) is 5.03 Å². The molecule has 0 heterocycles. The molecule has 152 valence electrons. The third-order valence-electron chi connectivity index (χ3n) is 8.43. The van der Waals surface area contributed by atoms with Crippen LogP contribution in [-0.4, -0.2) is 28.8 Å². The van der Waals surface area contributed by atoms with E-state index in [-0.39, 0.29) is 34.5 Å². The lowest BCUT2D eigenvalue weighted by atomic mass is 9.47. The van der Waals surface area contributed by atoms with E-state index in [0.29, 0.717) is 12.0 Å². The summed E-state index contributed by atoms with van der Waals surface area (Å²) in [6, 6.07) is 0. The molecule has 3 saturated carbocycles. The molecule has 4 aliphatic carbocycles. The number of Topliss-reactive ketones (excluding diaryl/α,β-unsaturated/α-hetero) is 1. The minimum atomic E-state index is -1.37. The van der Waals surface area contributed by atoms with Crippen molar-refractivity contribution in [1.82, 2.24) is 0 Å². The minimum absolute atomic E-state index is 0.0350. The van der Waals surface area contributed by atoms with Crippen molar-refractivity contribution in [2.24, 2.45) is 40.4 Å². The van der Waals surface area contributed by atoms with E-state index in [0.717, 1.165) is 19.3 Å². The summed E-state index contributed by atoms with van der Waals surface area (Å²) >= 11 is 6.15. The SMILES string of the molecule is C[C@@H]1C[C@H]2[C@@H]3C[C@H](F)C4=CC(=O)C(Cl)=C[C@]4(C)[C@H]3CC[C@]2(C)[C@H]1C(=O)C(=O)O. The number of carboxylic acids is 1. The maximum absolute atomic E-state index is 15.2. The zero-order valence-corrected chi connectivity index (χ0v) is 17.1. The van der Waals surface area contributed by atoms with E-state index in [1.165, 1.54) is 6.08 Å². The van der Waals surface area contributed by atoms with Crippen molar-refractivity contribution in [2.45, 2.75) is 52.6 Å². The van der Waals surface area contributed by atoms with Crippen molar-refractivity contribution < 1.29 is 23.9 Å². The summed E-state index contributed by atoms with van der Waals surface area (Å²) in [6.45, 7) is 5.94. The van der Waals surface area contributed by atoms with Crippen LogP contribution < -0.4 is 0 Å². The minimum Gasteiger partial charge on any atom is -0.475 e. The Labute approximate surface area is 169 Å². The van der Waals surface area contributed by atoms with E-state index in [9.17, 15) is 19.5 Å². The van der Waals surface area contributed by atoms with Gasteiger partial charge < -0.3 is 5.11 Å². The highest BCUT2D eigenvalue weighted by Gasteiger charge is 2.63. The number of allylic oxidation sites excluding steroid dienone is 4. The fourth-order valence-electron chi connectivity index (χ4n) is 7.31. The number of aliphatic carboxylic acids is 1. The van der Waals surface area contributed by atoms with Crippen LogP contribution in [0.25, 0.3) is 0 Å². The molecule has 0 amide bonds. The molecule has 6 heteroatoms. The van der Waals surface area contributed by atoms with Gasteiger partial charge in [0.1, 0.15) is 6.17 Å². The van der Waals surface area contributed by atoms with Gasteiger partial charge in [-0.05, 0) is 66.4 Å². The fourth-order valence-corrected chi connectivity index (χ4v) is 7.60. The molecule has 0 spiro atoms. The van der Waals surface area contributed by atoms with Crippen LogP contribution in [0.3, 0.4) is 0 Å². The molecule has 0 aromatic heterocycles. The van der Waals surface area contributed by atoms with Crippen molar-refractivity contribution in [2.75, 3.05) is 0 Å². The van der Waals surface area contributed by atoms with Crippen LogP contribution in [0.4, 0.5) is 4.39 Å². The summed E-state index contributed by atoms with van der Waals surface area (Å²) in [5.41, 5.74) is -0.506. The first kappa shape index (κ1) is 19.8. The Morgan fingerprint density at radius 2 is 1.93 bits per heavy atom. The van der Waals surface area contributed by atoms with Crippen molar-refractivity contribution in [3.05, 3.63) is 22.8 Å². The standard InChI is InChI=1S/C22H26ClFO4/c1-10-6-13-11-7-16(24)14-8-17(25)15(23)9-22(14,3)12(11)4-5-21(13,2)18(10)19(26)20(27)28/h8-13,16,18H,4-7H2,1-3H3,(H,27,28)/t10-,11-,12+,13+,16+,18-,21+,22-/m1/s1. The van der Waals surface area contributed by atoms with Crippen LogP contribution in [-0.2, 0) is 14.4 Å². The molecule has 0 radical (unpaired) electrons. The lowest BCUT2D eigenvalue weighted by Crippen LogP contribution is -2.53. The van der Waals surface area contributed by atoms with Crippen molar-refractivity contribution in [3.8, 4) is 0 Å². The Balaban J connectivity index is 1.74. The van der Waals surface area contributed by atoms with Gasteiger partial charge in [0.15, 0.2) is 5.78 Å². The zero-order valence-electron chi connectivity index (χ0n) is 16.4. The van der Waals surface area contributed by atoms with Crippen molar-refractivity contribution in [3.63, 3.8) is 0 Å². The predicted octanol–water partition coefficient (Wildman–Crippen LogP) is 4.32. The average Bonchev–Trinajstić information content (AvgIpc) is 2.87. The first-order valence-corrected chi connectivity index (χ1v) is 10.4. The van der Waals surface area contributed by atoms with Gasteiger partial charge in [0.2, 0.25) is 5.78 Å². The van der Waals surface area contributed by atoms with E-state index < -0.39 is 34.7 Å². The zero-order chi connectivity index (χ0) is 20.6. The molecule has 1 N–H and O–H groups in total. The molecule has 3 fully saturated rings. The monoisotopic (exact) mass is 408 g/mol. The number of halogens is 2. The Hall–Kier alpha value is -1.49. The van der Waals surface area contributed by atoms with Crippen LogP contribution in [0, 0.1) is 40.4 Å². The van der Waals surface area contributed by atoms with E-state index in [1.54, 1.807) is 6.08 Å². The summed E-state index contributed by atoms with van der Waals surface area (Å²) in [5.74, 6) is -2.70. The van der Waals surface area contributed by atoms with Gasteiger partial charge in [-0.1, -0.05) is 38.4 Å². The smallest absolute Gasteiger partial charge is 0.372 e. The quantitative estimate of drug-likeness (QED) is 0.690. The maximum atomic E-state index is 15.2. The Morgan fingerprint density at radius 1 is 1.25 bits per heavy atom. The molecule has 8 atom stereocenters. The normalized spacial score (nSPS) is 47.4. The molecule has 28 heavy (non-hydrogen) atoms. The molecule has 0 saturated heterocycles. The average molecular weight is 409 g/mol. The number of ketones is 2. The topological polar surface area (TPSA) is 71.4 Å². The second-order valence-corrected chi connectivity index (χ2v) is 10.1. The molecule has 4 rings (SSSR count). The number of rotatable bonds is 2. The van der Waals surface area contributed by atoms with Crippen LogP contribution in [0.15, 0.2) is 22.8 Å². The largest absolute Gasteiger partial charge is 0.475 e. The molecule has 0 bridgehead atoms. The second kappa shape index (κ2) is 6.25. The molecule has 0 aromatic carbocycles. The Bertz CT molecular complexity index is 832. The number of alkyl halides is 1. The lowest BCUT2D eigenvalue weighted by molar-refractivity contribution is -0.155. The second-order valence-electron chi connectivity index (χ2n) is 9.72. The highest BCUT2D eigenvalue weighted by atomic mass is 35.5. The van der Waals surface area contributed by atoms with Crippen molar-refractivity contribution >= 4 is 29.1 Å². The summed E-state index contributed by atoms with van der Waals surface area (Å²) < 4.78 is 15.2. The number of hydrogen-bond acceptors (Lipinski definition) is 3. The van der Waals surface area contributed by atoms with E-state index >= 15 is 4.39 Å². The van der Waals surface area contributed by atoms with Crippen LogP contribution in [0.2, 0.25) is 0 Å². The third kappa shape index (κ3) is 2.51. The van der Waals surface area contributed by atoms with Gasteiger partial charge >= 0.3 is 5.97 Å². The van der Waals surface area contributed by atoms with Crippen LogP contribution in [0.1, 0.15) is 46.5 Å². The van der Waals surface area contributed by atoms with Gasteiger partial charge in [0.25, 0.3) is 0 Å². The number of fused-ring (bicyclic) bond motifs is 5. The first-order chi connectivity index (χ1) is 13.0. The molecule has 4 aliphatic rings. The first-order valence-electron chi connectivity index (χ1n) is 10.1. The van der Waals surface area contributed by atoms with Gasteiger partial charge in [-0.3, -0.25) is 9.59 Å². The predicted molar refractivity (Wildman–Crippen MR) is 102 cm³/mol. The molecule has 0 unspecified atom stereocenters. The third-order valence-corrected chi connectivity index (χ3v) is 8.73. The van der Waals surface area contributed by atoms with E-state index in [4.69, 9.17) is 11.6 Å². The van der Waals surface area contributed by atoms with Crippen LogP contribution >= 0.6 is 11.6 Å². The van der Waals surface area contributed by atoms with Gasteiger partial charge in [-0.15, -0.1) is 0 Å². The molecule has 4 nitrogen and oxygen atoms in total. The summed E-state index contributed by atoms with van der Waals surface area (Å²) in [4.78, 5) is 35.9.